The van der Waals surface area contributed by atoms with Crippen molar-refractivity contribution in [1.82, 2.24) is 4.98 Å². The van der Waals surface area contributed by atoms with E-state index in [1.54, 1.807) is 31.3 Å². The molecule has 1 heterocycles. The number of thiazole rings is 1. The van der Waals surface area contributed by atoms with Crippen molar-refractivity contribution in [2.45, 2.75) is 6.43 Å². The SMILES string of the molecule is CN(C(=O)COc1nc(F)c(C(F)F)s1)c1ccccc1. The summed E-state index contributed by atoms with van der Waals surface area (Å²) in [7, 11) is 1.55. The Morgan fingerprint density at radius 1 is 1.38 bits per heavy atom. The van der Waals surface area contributed by atoms with Crippen molar-refractivity contribution in [3.63, 3.8) is 0 Å². The monoisotopic (exact) mass is 316 g/mol. The third-order valence-corrected chi connectivity index (χ3v) is 3.58. The highest BCUT2D eigenvalue weighted by molar-refractivity contribution is 7.13. The van der Waals surface area contributed by atoms with Gasteiger partial charge in [-0.1, -0.05) is 29.5 Å². The van der Waals surface area contributed by atoms with Gasteiger partial charge < -0.3 is 9.64 Å². The predicted octanol–water partition coefficient (Wildman–Crippen LogP) is 3.26. The van der Waals surface area contributed by atoms with Gasteiger partial charge in [0.05, 0.1) is 0 Å². The van der Waals surface area contributed by atoms with Crippen molar-refractivity contribution >= 4 is 22.9 Å². The second-order valence-corrected chi connectivity index (χ2v) is 5.01. The lowest BCUT2D eigenvalue weighted by atomic mass is 10.3. The lowest BCUT2D eigenvalue weighted by Crippen LogP contribution is -2.31. The van der Waals surface area contributed by atoms with Crippen LogP contribution in [-0.2, 0) is 4.79 Å². The fourth-order valence-corrected chi connectivity index (χ4v) is 2.16. The van der Waals surface area contributed by atoms with Gasteiger partial charge in [0.1, 0.15) is 4.88 Å². The molecule has 0 bridgehead atoms. The summed E-state index contributed by atoms with van der Waals surface area (Å²) < 4.78 is 42.8. The van der Waals surface area contributed by atoms with Gasteiger partial charge in [-0.3, -0.25) is 4.79 Å². The number of carbonyl (C=O) groups is 1. The van der Waals surface area contributed by atoms with E-state index in [1.807, 2.05) is 6.07 Å². The molecule has 0 atom stereocenters. The molecule has 1 aromatic carbocycles. The molecule has 0 N–H and O–H groups in total. The topological polar surface area (TPSA) is 42.4 Å². The molecule has 21 heavy (non-hydrogen) atoms. The normalized spacial score (nSPS) is 10.7. The van der Waals surface area contributed by atoms with E-state index in [2.05, 4.69) is 4.98 Å². The van der Waals surface area contributed by atoms with E-state index in [0.717, 1.165) is 0 Å². The molecule has 1 amide bonds. The Labute approximate surface area is 122 Å². The Balaban J connectivity index is 1.97. The Morgan fingerprint density at radius 2 is 2.05 bits per heavy atom. The molecule has 0 saturated carbocycles. The quantitative estimate of drug-likeness (QED) is 0.850. The van der Waals surface area contributed by atoms with E-state index in [9.17, 15) is 18.0 Å². The van der Waals surface area contributed by atoms with Gasteiger partial charge in [0.25, 0.3) is 17.5 Å². The number of nitrogens with zero attached hydrogens (tertiary/aromatic N) is 2. The first-order valence-electron chi connectivity index (χ1n) is 5.88. The molecule has 0 saturated heterocycles. The Hall–Kier alpha value is -2.09. The Kier molecular flexibility index (Phi) is 4.79. The summed E-state index contributed by atoms with van der Waals surface area (Å²) in [5.41, 5.74) is 0.657. The highest BCUT2D eigenvalue weighted by Crippen LogP contribution is 2.32. The van der Waals surface area contributed by atoms with Crippen LogP contribution < -0.4 is 9.64 Å². The number of amides is 1. The molecule has 0 unspecified atom stereocenters. The van der Waals surface area contributed by atoms with E-state index in [0.29, 0.717) is 17.0 Å². The number of hydrogen-bond acceptors (Lipinski definition) is 4. The number of halogens is 3. The molecule has 0 aliphatic rings. The smallest absolute Gasteiger partial charge is 0.277 e. The fraction of sp³-hybridized carbons (Fsp3) is 0.231. The number of hydrogen-bond donors (Lipinski definition) is 0. The molecule has 2 rings (SSSR count). The van der Waals surface area contributed by atoms with Crippen LogP contribution in [0, 0.1) is 5.95 Å². The number of alkyl halides is 2. The van der Waals surface area contributed by atoms with Crippen LogP contribution in [0.4, 0.5) is 18.9 Å². The van der Waals surface area contributed by atoms with Crippen molar-refractivity contribution in [3.05, 3.63) is 41.2 Å². The van der Waals surface area contributed by atoms with Crippen LogP contribution in [-0.4, -0.2) is 24.5 Å². The minimum atomic E-state index is -2.96. The first-order chi connectivity index (χ1) is 9.99. The van der Waals surface area contributed by atoms with Gasteiger partial charge in [-0.15, -0.1) is 0 Å². The number of anilines is 1. The van der Waals surface area contributed by atoms with Gasteiger partial charge in [-0.2, -0.15) is 9.37 Å². The van der Waals surface area contributed by atoms with E-state index >= 15 is 0 Å². The molecular formula is C13H11F3N2O2S. The summed E-state index contributed by atoms with van der Waals surface area (Å²) in [5.74, 6) is -1.68. The van der Waals surface area contributed by atoms with Crippen LogP contribution >= 0.6 is 11.3 Å². The molecular weight excluding hydrogens is 305 g/mol. The van der Waals surface area contributed by atoms with Crippen LogP contribution in [0.3, 0.4) is 0 Å². The van der Waals surface area contributed by atoms with Gasteiger partial charge >= 0.3 is 0 Å². The Bertz CT molecular complexity index is 619. The molecule has 8 heteroatoms. The average Bonchev–Trinajstić information content (AvgIpc) is 2.86. The zero-order valence-electron chi connectivity index (χ0n) is 10.9. The van der Waals surface area contributed by atoms with Crippen molar-refractivity contribution in [2.75, 3.05) is 18.6 Å². The van der Waals surface area contributed by atoms with Gasteiger partial charge in [-0.05, 0) is 12.1 Å². The maximum atomic E-state index is 13.1. The lowest BCUT2D eigenvalue weighted by molar-refractivity contribution is -0.120. The number of carbonyl (C=O) groups excluding carboxylic acids is 1. The van der Waals surface area contributed by atoms with Gasteiger partial charge in [0.2, 0.25) is 5.95 Å². The molecule has 0 fully saturated rings. The molecule has 112 valence electrons. The second kappa shape index (κ2) is 6.57. The summed E-state index contributed by atoms with van der Waals surface area (Å²) in [6, 6.07) is 8.81. The molecule has 4 nitrogen and oxygen atoms in total. The van der Waals surface area contributed by atoms with E-state index < -0.39 is 29.8 Å². The molecule has 0 aliphatic heterocycles. The summed E-state index contributed by atoms with van der Waals surface area (Å²) in [5, 5.41) is -0.294. The maximum absolute atomic E-state index is 13.1. The number of aromatic nitrogens is 1. The van der Waals surface area contributed by atoms with Crippen LogP contribution in [0.25, 0.3) is 0 Å². The summed E-state index contributed by atoms with van der Waals surface area (Å²) in [6.45, 7) is -0.416. The lowest BCUT2D eigenvalue weighted by Gasteiger charge is -2.16. The van der Waals surface area contributed by atoms with E-state index in [-0.39, 0.29) is 5.19 Å². The molecule has 1 aromatic heterocycles. The Morgan fingerprint density at radius 3 is 2.62 bits per heavy atom. The van der Waals surface area contributed by atoms with Gasteiger partial charge in [0.15, 0.2) is 6.61 Å². The number of likely N-dealkylation sites (N-methyl/N-ethyl adjacent to an activating group) is 1. The van der Waals surface area contributed by atoms with Crippen molar-refractivity contribution in [3.8, 4) is 5.19 Å². The van der Waals surface area contributed by atoms with Gasteiger partial charge in [-0.25, -0.2) is 8.78 Å². The highest BCUT2D eigenvalue weighted by atomic mass is 32.1. The minimum absolute atomic E-state index is 0.294. The highest BCUT2D eigenvalue weighted by Gasteiger charge is 2.21. The first kappa shape index (κ1) is 15.3. The summed E-state index contributed by atoms with van der Waals surface area (Å²) >= 11 is 0.388. The third kappa shape index (κ3) is 3.72. The molecule has 0 radical (unpaired) electrons. The number of para-hydroxylation sites is 1. The molecule has 0 aliphatic carbocycles. The van der Waals surface area contributed by atoms with Crippen LogP contribution in [0.2, 0.25) is 0 Å². The maximum Gasteiger partial charge on any atom is 0.277 e. The van der Waals surface area contributed by atoms with Crippen LogP contribution in [0.15, 0.2) is 30.3 Å². The fourth-order valence-electron chi connectivity index (χ4n) is 1.51. The summed E-state index contributed by atoms with van der Waals surface area (Å²) in [6.07, 6.45) is -2.96. The molecule has 0 spiro atoms. The standard InChI is InChI=1S/C13H11F3N2O2S/c1-18(8-5-3-2-4-6-8)9(19)7-20-13-17-12(16)10(21-13)11(14)15/h2-6,11H,7H2,1H3. The van der Waals surface area contributed by atoms with Gasteiger partial charge in [0, 0.05) is 12.7 Å². The van der Waals surface area contributed by atoms with Crippen LogP contribution in [0.5, 0.6) is 5.19 Å². The first-order valence-corrected chi connectivity index (χ1v) is 6.69. The average molecular weight is 316 g/mol. The van der Waals surface area contributed by atoms with E-state index in [4.69, 9.17) is 4.74 Å². The zero-order chi connectivity index (χ0) is 15.4. The minimum Gasteiger partial charge on any atom is -0.460 e. The largest absolute Gasteiger partial charge is 0.460 e. The third-order valence-electron chi connectivity index (χ3n) is 2.62. The predicted molar refractivity (Wildman–Crippen MR) is 72.4 cm³/mol. The van der Waals surface area contributed by atoms with Crippen LogP contribution in [0.1, 0.15) is 11.3 Å². The van der Waals surface area contributed by atoms with E-state index in [1.165, 1.54) is 4.90 Å². The van der Waals surface area contributed by atoms with Crippen molar-refractivity contribution in [2.24, 2.45) is 0 Å². The second-order valence-electron chi connectivity index (χ2n) is 4.01. The number of rotatable bonds is 5. The number of benzene rings is 1. The molecule has 2 aromatic rings. The van der Waals surface area contributed by atoms with Crippen molar-refractivity contribution in [1.29, 1.82) is 0 Å². The number of ether oxygens (including phenoxy) is 1. The zero-order valence-corrected chi connectivity index (χ0v) is 11.7. The van der Waals surface area contributed by atoms with Crippen molar-refractivity contribution < 1.29 is 22.7 Å². The summed E-state index contributed by atoms with van der Waals surface area (Å²) in [4.78, 5) is 15.6.